The van der Waals surface area contributed by atoms with E-state index in [9.17, 15) is 10.2 Å². The first kappa shape index (κ1) is 42.4. The van der Waals surface area contributed by atoms with Crippen molar-refractivity contribution in [2.24, 2.45) is 5.92 Å². The van der Waals surface area contributed by atoms with Crippen molar-refractivity contribution in [2.75, 3.05) is 54.8 Å². The topological polar surface area (TPSA) is 114 Å². The number of fused-ring (bicyclic) bond motifs is 6. The van der Waals surface area contributed by atoms with Crippen LogP contribution in [0.5, 0.6) is 34.5 Å². The van der Waals surface area contributed by atoms with Crippen molar-refractivity contribution in [3.8, 4) is 34.5 Å². The maximum Gasteiger partial charge on any atom is 0.151 e. The molecule has 0 aromatic heterocycles. The Balaban J connectivity index is 0.000000114. The Morgan fingerprint density at radius 1 is 0.484 bits per heavy atom. The number of anilines is 6. The smallest absolute Gasteiger partial charge is 0.151 e. The molecule has 5 atom stereocenters. The maximum absolute atomic E-state index is 10.4. The number of hydrogen-bond acceptors (Lipinski definition) is 11. The lowest BCUT2D eigenvalue weighted by Crippen LogP contribution is -2.55. The van der Waals surface area contributed by atoms with E-state index in [-0.39, 0.29) is 18.7 Å². The van der Waals surface area contributed by atoms with E-state index in [4.69, 9.17) is 28.4 Å². The fourth-order valence-corrected chi connectivity index (χ4v) is 8.14. The summed E-state index contributed by atoms with van der Waals surface area (Å²) in [6, 6.07) is 47.3. The quantitative estimate of drug-likeness (QED) is 0.148. The van der Waals surface area contributed by atoms with Crippen LogP contribution in [-0.4, -0.2) is 74.1 Å². The highest BCUT2D eigenvalue weighted by Gasteiger charge is 2.39. The minimum Gasteiger partial charge on any atom is -0.453 e. The van der Waals surface area contributed by atoms with Crippen molar-refractivity contribution in [1.29, 1.82) is 0 Å². The third kappa shape index (κ3) is 9.40. The predicted octanol–water partition coefficient (Wildman–Crippen LogP) is 10.8. The molecule has 0 bridgehead atoms. The molecule has 64 heavy (non-hydrogen) atoms. The standard InChI is InChI=1S/C17H17NO4.C17H15NO2.C12H9NO.C7H10O/c19-14-10-21-9-13(17(14)20)18-11-5-1-3-7-15(11)22-16-8-4-2-6-12(16)18;1-3-9-16-14(7-1)18(13-6-5-11-19-12-13)15-8-2-4-10-17(15)20-16;1-3-7-11-9(5-1)13-10-6-2-4-8-12(10)14-11;1-2-7-4-3-5-8-6-7/h1-8,13-14,17,19-20H,9-10H2;1-10,13H,11-12H2;1-8,13H;2-4,7H,1,5-6H2/t13?,14-,17+;;;/m1.../s1. The van der Waals surface area contributed by atoms with Crippen molar-refractivity contribution in [3.63, 3.8) is 0 Å². The molecule has 0 aliphatic carbocycles. The van der Waals surface area contributed by atoms with Gasteiger partial charge in [0.15, 0.2) is 34.5 Å². The summed E-state index contributed by atoms with van der Waals surface area (Å²) >= 11 is 0. The Labute approximate surface area is 373 Å². The van der Waals surface area contributed by atoms with Crippen LogP contribution in [0.2, 0.25) is 0 Å². The number of benzene rings is 6. The van der Waals surface area contributed by atoms with Crippen molar-refractivity contribution >= 4 is 34.1 Å². The van der Waals surface area contributed by atoms with Gasteiger partial charge in [0.05, 0.1) is 85.8 Å². The molecule has 0 spiro atoms. The molecule has 6 aliphatic heterocycles. The van der Waals surface area contributed by atoms with Gasteiger partial charge in [0.1, 0.15) is 12.2 Å². The summed E-state index contributed by atoms with van der Waals surface area (Å²) in [5, 5.41) is 23.7. The number of hydrogen-bond donors (Lipinski definition) is 3. The number of para-hydroxylation sites is 12. The van der Waals surface area contributed by atoms with Crippen LogP contribution in [0, 0.1) is 5.92 Å². The van der Waals surface area contributed by atoms with Crippen LogP contribution in [0.1, 0.15) is 0 Å². The Bertz CT molecular complexity index is 2420. The molecule has 3 N–H and O–H groups in total. The molecule has 11 nitrogen and oxygen atoms in total. The molecule has 11 heteroatoms. The second-order valence-corrected chi connectivity index (χ2v) is 15.6. The molecular formula is C53H51N3O8. The Kier molecular flexibility index (Phi) is 13.3. The van der Waals surface area contributed by atoms with E-state index in [0.29, 0.717) is 25.7 Å². The summed E-state index contributed by atoms with van der Waals surface area (Å²) in [7, 11) is 0. The summed E-state index contributed by atoms with van der Waals surface area (Å²) in [5.74, 6) is 5.46. The molecule has 0 radical (unpaired) electrons. The normalized spacial score (nSPS) is 21.6. The Hall–Kier alpha value is -6.86. The average Bonchev–Trinajstić information content (AvgIpc) is 3.36. The molecule has 3 unspecified atom stereocenters. The van der Waals surface area contributed by atoms with Crippen LogP contribution in [0.25, 0.3) is 0 Å². The van der Waals surface area contributed by atoms with Gasteiger partial charge in [-0.1, -0.05) is 103 Å². The molecule has 0 saturated carbocycles. The summed E-state index contributed by atoms with van der Waals surface area (Å²) in [5.41, 5.74) is 5.95. The highest BCUT2D eigenvalue weighted by Crippen LogP contribution is 2.49. The van der Waals surface area contributed by atoms with E-state index >= 15 is 0 Å². The second kappa shape index (κ2) is 20.1. The number of aliphatic hydroxyl groups excluding tert-OH is 2. The number of nitrogens with zero attached hydrogens (tertiary/aromatic N) is 2. The summed E-state index contributed by atoms with van der Waals surface area (Å²) in [4.78, 5) is 4.30. The summed E-state index contributed by atoms with van der Waals surface area (Å²) < 4.78 is 33.8. The fourth-order valence-electron chi connectivity index (χ4n) is 8.14. The van der Waals surface area contributed by atoms with Gasteiger partial charge >= 0.3 is 0 Å². The van der Waals surface area contributed by atoms with Crippen LogP contribution in [0.4, 0.5) is 34.1 Å². The predicted molar refractivity (Wildman–Crippen MR) is 250 cm³/mol. The molecular weight excluding hydrogens is 807 g/mol. The van der Waals surface area contributed by atoms with E-state index in [2.05, 4.69) is 47.2 Å². The Morgan fingerprint density at radius 2 is 0.922 bits per heavy atom. The van der Waals surface area contributed by atoms with E-state index in [1.54, 1.807) is 0 Å². The monoisotopic (exact) mass is 857 g/mol. The van der Waals surface area contributed by atoms with Gasteiger partial charge in [0.2, 0.25) is 0 Å². The molecule has 12 rings (SSSR count). The zero-order chi connectivity index (χ0) is 43.7. The number of aliphatic hydroxyl groups is 2. The van der Waals surface area contributed by atoms with Crippen LogP contribution in [-0.2, 0) is 14.2 Å². The molecule has 6 aromatic carbocycles. The molecule has 6 aromatic rings. The first-order chi connectivity index (χ1) is 31.6. The van der Waals surface area contributed by atoms with Crippen molar-refractivity contribution in [1.82, 2.24) is 0 Å². The van der Waals surface area contributed by atoms with Crippen LogP contribution in [0.15, 0.2) is 183 Å². The molecule has 1 fully saturated rings. The van der Waals surface area contributed by atoms with Gasteiger partial charge in [-0.15, -0.1) is 6.58 Å². The van der Waals surface area contributed by atoms with E-state index < -0.39 is 12.2 Å². The lowest BCUT2D eigenvalue weighted by molar-refractivity contribution is -0.0964. The fraction of sp³-hybridized carbons (Fsp3) is 0.208. The van der Waals surface area contributed by atoms with Crippen LogP contribution in [0.3, 0.4) is 0 Å². The van der Waals surface area contributed by atoms with Crippen molar-refractivity contribution in [3.05, 3.63) is 183 Å². The van der Waals surface area contributed by atoms with Gasteiger partial charge in [-0.25, -0.2) is 0 Å². The third-order valence-electron chi connectivity index (χ3n) is 11.3. The minimum absolute atomic E-state index is 0.158. The summed E-state index contributed by atoms with van der Waals surface area (Å²) in [6.07, 6.45) is 8.56. The van der Waals surface area contributed by atoms with Gasteiger partial charge in [-0.3, -0.25) is 0 Å². The SMILES string of the molecule is C1=CC(N2c3ccccc3Oc3ccccc32)COC1.C=CC1C=CCOC1.O[C@@H]1COCC(N2c3ccccc3Oc3ccccc32)[C@@H]1O.c1ccc2c(c1)Nc1ccccc1O2. The highest BCUT2D eigenvalue weighted by molar-refractivity contribution is 5.80. The van der Waals surface area contributed by atoms with Crippen LogP contribution >= 0.6 is 0 Å². The third-order valence-corrected chi connectivity index (χ3v) is 11.3. The first-order valence-electron chi connectivity index (χ1n) is 21.5. The Morgan fingerprint density at radius 3 is 1.38 bits per heavy atom. The lowest BCUT2D eigenvalue weighted by atomic mass is 9.99. The lowest BCUT2D eigenvalue weighted by Gasteiger charge is -2.43. The van der Waals surface area contributed by atoms with Gasteiger partial charge in [-0.05, 0) is 72.8 Å². The molecule has 6 aliphatic rings. The van der Waals surface area contributed by atoms with Gasteiger partial charge in [-0.2, -0.15) is 0 Å². The van der Waals surface area contributed by atoms with E-state index in [0.717, 1.165) is 81.8 Å². The zero-order valence-corrected chi connectivity index (χ0v) is 35.3. The van der Waals surface area contributed by atoms with Gasteiger partial charge in [0.25, 0.3) is 0 Å². The highest BCUT2D eigenvalue weighted by atomic mass is 16.5. The first-order valence-corrected chi connectivity index (χ1v) is 21.5. The summed E-state index contributed by atoms with van der Waals surface area (Å²) in [6.45, 7) is 7.13. The molecule has 326 valence electrons. The van der Waals surface area contributed by atoms with Crippen LogP contribution < -0.4 is 29.3 Å². The van der Waals surface area contributed by atoms with E-state index in [1.165, 1.54) is 0 Å². The number of rotatable bonds is 3. The van der Waals surface area contributed by atoms with Crippen molar-refractivity contribution in [2.45, 2.75) is 24.3 Å². The van der Waals surface area contributed by atoms with Gasteiger partial charge in [0, 0.05) is 5.92 Å². The molecule has 0 amide bonds. The number of ether oxygens (including phenoxy) is 6. The largest absolute Gasteiger partial charge is 0.453 e. The van der Waals surface area contributed by atoms with E-state index in [1.807, 2.05) is 151 Å². The average molecular weight is 858 g/mol. The second-order valence-electron chi connectivity index (χ2n) is 15.6. The number of nitrogens with one attached hydrogen (secondary N) is 1. The maximum atomic E-state index is 10.4. The molecule has 6 heterocycles. The van der Waals surface area contributed by atoms with Gasteiger partial charge < -0.3 is 53.8 Å². The van der Waals surface area contributed by atoms with Crippen molar-refractivity contribution < 1.29 is 38.6 Å². The molecule has 1 saturated heterocycles. The zero-order valence-electron chi connectivity index (χ0n) is 35.3. The minimum atomic E-state index is -0.888.